The van der Waals surface area contributed by atoms with Gasteiger partial charge in [0.1, 0.15) is 11.5 Å². The first-order valence-electron chi connectivity index (χ1n) is 9.59. The highest BCUT2D eigenvalue weighted by molar-refractivity contribution is 9.09. The molecule has 0 aromatic heterocycles. The Balaban J connectivity index is 2.06. The van der Waals surface area contributed by atoms with Gasteiger partial charge in [0, 0.05) is 15.6 Å². The normalized spacial score (nSPS) is 12.3. The second-order valence-electron chi connectivity index (χ2n) is 6.62. The Hall–Kier alpha value is -1.22. The molecule has 2 aromatic carbocycles. The molecule has 0 saturated heterocycles. The number of halogens is 1. The summed E-state index contributed by atoms with van der Waals surface area (Å²) in [5.41, 5.74) is 1.15. The Bertz CT molecular complexity index is 654. The highest BCUT2D eigenvalue weighted by atomic mass is 79.9. The van der Waals surface area contributed by atoms with Crippen LogP contribution in [0.15, 0.2) is 30.3 Å². The summed E-state index contributed by atoms with van der Waals surface area (Å²) >= 11 is 3.69. The quantitative estimate of drug-likeness (QED) is 0.294. The Morgan fingerprint density at radius 2 is 1.68 bits per heavy atom. The van der Waals surface area contributed by atoms with Gasteiger partial charge in [-0.15, -0.1) is 0 Å². The van der Waals surface area contributed by atoms with Crippen molar-refractivity contribution in [2.45, 2.75) is 64.1 Å². The number of hydrogen-bond acceptors (Lipinski definition) is 2. The van der Waals surface area contributed by atoms with E-state index < -0.39 is 0 Å². The first kappa shape index (κ1) is 20.1. The fraction of sp³-hybridized carbons (Fsp3) is 0.545. The lowest BCUT2D eigenvalue weighted by Gasteiger charge is -2.16. The monoisotopic (exact) mass is 406 g/mol. The van der Waals surface area contributed by atoms with Gasteiger partial charge in [0.2, 0.25) is 0 Å². The summed E-state index contributed by atoms with van der Waals surface area (Å²) in [4.78, 5) is 0.634. The zero-order valence-electron chi connectivity index (χ0n) is 15.8. The van der Waals surface area contributed by atoms with Crippen molar-refractivity contribution in [2.75, 3.05) is 13.2 Å². The molecule has 0 N–H and O–H groups in total. The number of fused-ring (bicyclic) bond motifs is 1. The van der Waals surface area contributed by atoms with Crippen LogP contribution < -0.4 is 9.47 Å². The maximum absolute atomic E-state index is 6.13. The summed E-state index contributed by atoms with van der Waals surface area (Å²) in [5.74, 6) is 1.98. The number of hydrogen-bond donors (Lipinski definition) is 0. The van der Waals surface area contributed by atoms with E-state index in [2.05, 4.69) is 67.0 Å². The Labute approximate surface area is 161 Å². The van der Waals surface area contributed by atoms with E-state index in [0.29, 0.717) is 4.83 Å². The lowest BCUT2D eigenvalue weighted by Crippen LogP contribution is -2.03. The number of benzene rings is 2. The molecule has 0 saturated carbocycles. The zero-order chi connectivity index (χ0) is 18.1. The van der Waals surface area contributed by atoms with E-state index in [9.17, 15) is 0 Å². The minimum atomic E-state index is 0.634. The summed E-state index contributed by atoms with van der Waals surface area (Å²) in [5, 5.41) is 2.30. The average molecular weight is 407 g/mol. The van der Waals surface area contributed by atoms with Crippen LogP contribution in [0.2, 0.25) is 0 Å². The van der Waals surface area contributed by atoms with Gasteiger partial charge in [0.15, 0.2) is 0 Å². The van der Waals surface area contributed by atoms with Crippen LogP contribution >= 0.6 is 15.9 Å². The molecule has 0 heterocycles. The van der Waals surface area contributed by atoms with E-state index in [0.717, 1.165) is 60.3 Å². The van der Waals surface area contributed by atoms with Crippen LogP contribution in [0.4, 0.5) is 0 Å². The summed E-state index contributed by atoms with van der Waals surface area (Å²) in [7, 11) is 0. The third-order valence-electron chi connectivity index (χ3n) is 4.50. The molecule has 0 aliphatic carbocycles. The van der Waals surface area contributed by atoms with Crippen LogP contribution in [0.5, 0.6) is 11.5 Å². The Kier molecular flexibility index (Phi) is 8.60. The second-order valence-corrected chi connectivity index (χ2v) is 7.91. The Morgan fingerprint density at radius 1 is 0.960 bits per heavy atom. The standard InChI is InChI=1S/C22H31BrO2/c1-4-6-14-25-22-17(3)16-21(19-12-7-8-13-20(19)22)24-15-10-9-11-18(23)5-2/h7-8,12-13,16,18H,4-6,9-11,14-15H2,1-3H3. The number of alkyl halides is 1. The number of rotatable bonds is 11. The molecule has 0 aliphatic rings. The Morgan fingerprint density at radius 3 is 2.40 bits per heavy atom. The number of unbranched alkanes of at least 4 members (excludes halogenated alkanes) is 2. The molecule has 0 amide bonds. The summed E-state index contributed by atoms with van der Waals surface area (Å²) in [6.07, 6.45) is 6.90. The third kappa shape index (κ3) is 5.91. The van der Waals surface area contributed by atoms with Gasteiger partial charge in [-0.3, -0.25) is 0 Å². The fourth-order valence-corrected chi connectivity index (χ4v) is 3.26. The van der Waals surface area contributed by atoms with Crippen LogP contribution in [0.1, 0.15) is 57.9 Å². The lowest BCUT2D eigenvalue weighted by atomic mass is 10.0. The molecule has 138 valence electrons. The van der Waals surface area contributed by atoms with Crippen molar-refractivity contribution in [3.05, 3.63) is 35.9 Å². The van der Waals surface area contributed by atoms with E-state index in [1.54, 1.807) is 0 Å². The van der Waals surface area contributed by atoms with Gasteiger partial charge in [-0.1, -0.05) is 60.5 Å². The van der Waals surface area contributed by atoms with Crippen molar-refractivity contribution in [3.8, 4) is 11.5 Å². The SMILES string of the molecule is CCCCOc1c(C)cc(OCCCCC(Br)CC)c2ccccc12. The molecule has 1 unspecified atom stereocenters. The molecule has 1 atom stereocenters. The summed E-state index contributed by atoms with van der Waals surface area (Å²) in [6, 6.07) is 10.5. The second kappa shape index (κ2) is 10.7. The predicted molar refractivity (Wildman–Crippen MR) is 111 cm³/mol. The first-order valence-corrected chi connectivity index (χ1v) is 10.5. The van der Waals surface area contributed by atoms with Gasteiger partial charge in [-0.2, -0.15) is 0 Å². The van der Waals surface area contributed by atoms with Crippen LogP contribution in [-0.4, -0.2) is 18.0 Å². The minimum Gasteiger partial charge on any atom is -0.493 e. The van der Waals surface area contributed by atoms with Gasteiger partial charge in [-0.25, -0.2) is 0 Å². The molecule has 3 heteroatoms. The number of ether oxygens (including phenoxy) is 2. The summed E-state index contributed by atoms with van der Waals surface area (Å²) < 4.78 is 12.2. The maximum Gasteiger partial charge on any atom is 0.130 e. The van der Waals surface area contributed by atoms with E-state index in [4.69, 9.17) is 9.47 Å². The van der Waals surface area contributed by atoms with Crippen molar-refractivity contribution < 1.29 is 9.47 Å². The third-order valence-corrected chi connectivity index (χ3v) is 5.60. The smallest absolute Gasteiger partial charge is 0.130 e. The maximum atomic E-state index is 6.13. The van der Waals surface area contributed by atoms with Crippen LogP contribution in [-0.2, 0) is 0 Å². The molecular formula is C22H31BrO2. The molecular weight excluding hydrogens is 376 g/mol. The average Bonchev–Trinajstić information content (AvgIpc) is 2.63. The molecule has 25 heavy (non-hydrogen) atoms. The van der Waals surface area contributed by atoms with Crippen molar-refractivity contribution in [1.82, 2.24) is 0 Å². The van der Waals surface area contributed by atoms with Gasteiger partial charge in [0.25, 0.3) is 0 Å². The van der Waals surface area contributed by atoms with Crippen molar-refractivity contribution in [2.24, 2.45) is 0 Å². The molecule has 0 spiro atoms. The van der Waals surface area contributed by atoms with Crippen molar-refractivity contribution >= 4 is 26.7 Å². The number of aryl methyl sites for hydroxylation is 1. The van der Waals surface area contributed by atoms with E-state index >= 15 is 0 Å². The van der Waals surface area contributed by atoms with Crippen LogP contribution in [0, 0.1) is 6.92 Å². The zero-order valence-corrected chi connectivity index (χ0v) is 17.4. The van der Waals surface area contributed by atoms with Crippen molar-refractivity contribution in [1.29, 1.82) is 0 Å². The van der Waals surface area contributed by atoms with Gasteiger partial charge >= 0.3 is 0 Å². The van der Waals surface area contributed by atoms with Gasteiger partial charge < -0.3 is 9.47 Å². The first-order chi connectivity index (χ1) is 12.2. The largest absolute Gasteiger partial charge is 0.493 e. The van der Waals surface area contributed by atoms with E-state index in [1.807, 2.05) is 0 Å². The van der Waals surface area contributed by atoms with Gasteiger partial charge in [-0.05, 0) is 50.7 Å². The van der Waals surface area contributed by atoms with Gasteiger partial charge in [0.05, 0.1) is 13.2 Å². The molecule has 0 aliphatic heterocycles. The fourth-order valence-electron chi connectivity index (χ4n) is 2.93. The van der Waals surface area contributed by atoms with Crippen molar-refractivity contribution in [3.63, 3.8) is 0 Å². The minimum absolute atomic E-state index is 0.634. The molecule has 0 radical (unpaired) electrons. The topological polar surface area (TPSA) is 18.5 Å². The molecule has 2 aromatic rings. The molecule has 2 nitrogen and oxygen atoms in total. The predicted octanol–water partition coefficient (Wildman–Crippen LogP) is 7.05. The lowest BCUT2D eigenvalue weighted by molar-refractivity contribution is 0.302. The molecule has 0 fully saturated rings. The summed E-state index contributed by atoms with van der Waals surface area (Å²) in [6.45, 7) is 8.05. The van der Waals surface area contributed by atoms with E-state index in [-0.39, 0.29) is 0 Å². The highest BCUT2D eigenvalue weighted by Crippen LogP contribution is 2.36. The molecule has 2 rings (SSSR count). The van der Waals surface area contributed by atoms with E-state index in [1.165, 1.54) is 19.3 Å². The molecule has 0 bridgehead atoms. The van der Waals surface area contributed by atoms with Crippen LogP contribution in [0.3, 0.4) is 0 Å². The highest BCUT2D eigenvalue weighted by Gasteiger charge is 2.11. The van der Waals surface area contributed by atoms with Crippen LogP contribution in [0.25, 0.3) is 10.8 Å².